The predicted octanol–water partition coefficient (Wildman–Crippen LogP) is 4.04. The van der Waals surface area contributed by atoms with E-state index in [1.807, 2.05) is 54.3 Å². The van der Waals surface area contributed by atoms with Gasteiger partial charge in [-0.2, -0.15) is 0 Å². The number of carbonyl (C=O) groups is 2. The summed E-state index contributed by atoms with van der Waals surface area (Å²) in [5, 5.41) is 2.70. The Hall–Kier alpha value is -2.27. The SMILES string of the molecule is CC(Sc1ccccc1)C(=O)Nc1cccc(C(=O)N2CCCC2)c1. The fourth-order valence-electron chi connectivity index (χ4n) is 2.83. The summed E-state index contributed by atoms with van der Waals surface area (Å²) in [5.41, 5.74) is 1.29. The molecule has 0 aliphatic carbocycles. The number of anilines is 1. The number of hydrogen-bond donors (Lipinski definition) is 1. The number of thioether (sulfide) groups is 1. The van der Waals surface area contributed by atoms with Crippen molar-refractivity contribution in [3.05, 3.63) is 60.2 Å². The van der Waals surface area contributed by atoms with Crippen molar-refractivity contribution in [2.75, 3.05) is 18.4 Å². The molecule has 0 saturated carbocycles. The molecular formula is C20H22N2O2S. The van der Waals surface area contributed by atoms with Crippen molar-refractivity contribution in [3.63, 3.8) is 0 Å². The summed E-state index contributed by atoms with van der Waals surface area (Å²) in [6, 6.07) is 17.1. The zero-order chi connectivity index (χ0) is 17.6. The van der Waals surface area contributed by atoms with E-state index in [2.05, 4.69) is 5.32 Å². The number of nitrogens with zero attached hydrogens (tertiary/aromatic N) is 1. The van der Waals surface area contributed by atoms with E-state index in [9.17, 15) is 9.59 Å². The average molecular weight is 354 g/mol. The first-order valence-corrected chi connectivity index (χ1v) is 9.43. The first-order valence-electron chi connectivity index (χ1n) is 8.55. The topological polar surface area (TPSA) is 49.4 Å². The Morgan fingerprint density at radius 2 is 1.76 bits per heavy atom. The van der Waals surface area contributed by atoms with E-state index in [0.29, 0.717) is 11.3 Å². The van der Waals surface area contributed by atoms with Gasteiger partial charge in [0.2, 0.25) is 5.91 Å². The van der Waals surface area contributed by atoms with Crippen molar-refractivity contribution in [3.8, 4) is 0 Å². The van der Waals surface area contributed by atoms with Gasteiger partial charge in [0, 0.05) is 29.2 Å². The molecule has 0 bridgehead atoms. The molecule has 25 heavy (non-hydrogen) atoms. The summed E-state index contributed by atoms with van der Waals surface area (Å²) in [6.45, 7) is 3.52. The van der Waals surface area contributed by atoms with Crippen molar-refractivity contribution in [1.82, 2.24) is 4.90 Å². The Morgan fingerprint density at radius 3 is 2.48 bits per heavy atom. The molecule has 0 aromatic heterocycles. The number of hydrogen-bond acceptors (Lipinski definition) is 3. The highest BCUT2D eigenvalue weighted by Crippen LogP contribution is 2.24. The van der Waals surface area contributed by atoms with Gasteiger partial charge in [-0.3, -0.25) is 9.59 Å². The highest BCUT2D eigenvalue weighted by Gasteiger charge is 2.20. The van der Waals surface area contributed by atoms with Crippen LogP contribution in [0.15, 0.2) is 59.5 Å². The van der Waals surface area contributed by atoms with E-state index >= 15 is 0 Å². The molecule has 0 radical (unpaired) electrons. The summed E-state index contributed by atoms with van der Waals surface area (Å²) in [6.07, 6.45) is 2.13. The monoisotopic (exact) mass is 354 g/mol. The van der Waals surface area contributed by atoms with E-state index in [4.69, 9.17) is 0 Å². The number of likely N-dealkylation sites (tertiary alicyclic amines) is 1. The average Bonchev–Trinajstić information content (AvgIpc) is 3.17. The second-order valence-corrected chi connectivity index (χ2v) is 7.56. The van der Waals surface area contributed by atoms with Crippen LogP contribution in [0, 0.1) is 0 Å². The van der Waals surface area contributed by atoms with Crippen LogP contribution in [0.5, 0.6) is 0 Å². The molecule has 1 N–H and O–H groups in total. The molecule has 2 aromatic rings. The molecule has 3 rings (SSSR count). The van der Waals surface area contributed by atoms with Crippen LogP contribution >= 0.6 is 11.8 Å². The zero-order valence-electron chi connectivity index (χ0n) is 14.3. The van der Waals surface area contributed by atoms with Gasteiger partial charge in [0.15, 0.2) is 0 Å². The lowest BCUT2D eigenvalue weighted by Gasteiger charge is -2.16. The highest BCUT2D eigenvalue weighted by atomic mass is 32.2. The Balaban J connectivity index is 1.63. The van der Waals surface area contributed by atoms with Crippen LogP contribution in [-0.2, 0) is 4.79 Å². The molecule has 1 aliphatic heterocycles. The van der Waals surface area contributed by atoms with E-state index in [1.165, 1.54) is 11.8 Å². The third-order valence-electron chi connectivity index (χ3n) is 4.20. The summed E-state index contributed by atoms with van der Waals surface area (Å²) < 4.78 is 0. The second kappa shape index (κ2) is 8.21. The largest absolute Gasteiger partial charge is 0.339 e. The molecule has 1 unspecified atom stereocenters. The van der Waals surface area contributed by atoms with Crippen molar-refractivity contribution in [1.29, 1.82) is 0 Å². The molecule has 4 nitrogen and oxygen atoms in total. The van der Waals surface area contributed by atoms with Crippen LogP contribution in [-0.4, -0.2) is 35.1 Å². The summed E-state index contributed by atoms with van der Waals surface area (Å²) in [7, 11) is 0. The fourth-order valence-corrected chi connectivity index (χ4v) is 3.72. The van der Waals surface area contributed by atoms with Gasteiger partial charge >= 0.3 is 0 Å². The Kier molecular flexibility index (Phi) is 5.76. The minimum absolute atomic E-state index is 0.0420. The lowest BCUT2D eigenvalue weighted by Crippen LogP contribution is -2.28. The van der Waals surface area contributed by atoms with Crippen LogP contribution in [0.25, 0.3) is 0 Å². The number of carbonyl (C=O) groups excluding carboxylic acids is 2. The first kappa shape index (κ1) is 17.5. The molecule has 2 amide bonds. The molecule has 1 fully saturated rings. The summed E-state index contributed by atoms with van der Waals surface area (Å²) in [5.74, 6) is -0.0278. The maximum absolute atomic E-state index is 12.5. The second-order valence-electron chi connectivity index (χ2n) is 6.14. The standard InChI is InChI=1S/C20H22N2O2S/c1-15(25-18-10-3-2-4-11-18)19(23)21-17-9-7-8-16(14-17)20(24)22-12-5-6-13-22/h2-4,7-11,14-15H,5-6,12-13H2,1H3,(H,21,23). The van der Waals surface area contributed by atoms with Gasteiger partial charge in [-0.15, -0.1) is 11.8 Å². The maximum atomic E-state index is 12.5. The molecule has 1 aliphatic rings. The van der Waals surface area contributed by atoms with Gasteiger partial charge in [0.1, 0.15) is 0 Å². The van der Waals surface area contributed by atoms with E-state index in [0.717, 1.165) is 30.8 Å². The number of nitrogens with one attached hydrogen (secondary N) is 1. The molecule has 0 spiro atoms. The Morgan fingerprint density at radius 1 is 1.04 bits per heavy atom. The molecule has 2 aromatic carbocycles. The van der Waals surface area contributed by atoms with E-state index in [1.54, 1.807) is 12.1 Å². The molecule has 5 heteroatoms. The minimum atomic E-state index is -0.222. The molecular weight excluding hydrogens is 332 g/mol. The van der Waals surface area contributed by atoms with E-state index < -0.39 is 0 Å². The molecule has 130 valence electrons. The Bertz CT molecular complexity index is 742. The Labute approximate surface area is 152 Å². The van der Waals surface area contributed by atoms with Gasteiger partial charge in [-0.05, 0) is 50.1 Å². The van der Waals surface area contributed by atoms with Crippen LogP contribution < -0.4 is 5.32 Å². The van der Waals surface area contributed by atoms with Gasteiger partial charge < -0.3 is 10.2 Å². The van der Waals surface area contributed by atoms with Crippen molar-refractivity contribution in [2.24, 2.45) is 0 Å². The van der Waals surface area contributed by atoms with Crippen molar-refractivity contribution >= 4 is 29.3 Å². The minimum Gasteiger partial charge on any atom is -0.339 e. The normalized spacial score (nSPS) is 15.0. The van der Waals surface area contributed by atoms with Gasteiger partial charge in [0.25, 0.3) is 5.91 Å². The third kappa shape index (κ3) is 4.63. The number of amides is 2. The third-order valence-corrected chi connectivity index (χ3v) is 5.31. The zero-order valence-corrected chi connectivity index (χ0v) is 15.1. The molecule has 1 atom stereocenters. The lowest BCUT2D eigenvalue weighted by atomic mass is 10.1. The summed E-state index contributed by atoms with van der Waals surface area (Å²) >= 11 is 1.51. The molecule has 1 saturated heterocycles. The maximum Gasteiger partial charge on any atom is 0.253 e. The highest BCUT2D eigenvalue weighted by molar-refractivity contribution is 8.00. The van der Waals surface area contributed by atoms with E-state index in [-0.39, 0.29) is 17.1 Å². The van der Waals surface area contributed by atoms with Gasteiger partial charge in [0.05, 0.1) is 5.25 Å². The van der Waals surface area contributed by atoms with Crippen LogP contribution in [0.1, 0.15) is 30.1 Å². The summed E-state index contributed by atoms with van der Waals surface area (Å²) in [4.78, 5) is 27.8. The lowest BCUT2D eigenvalue weighted by molar-refractivity contribution is -0.115. The predicted molar refractivity (Wildman–Crippen MR) is 102 cm³/mol. The first-order chi connectivity index (χ1) is 12.1. The van der Waals surface area contributed by atoms with Gasteiger partial charge in [-0.1, -0.05) is 24.3 Å². The quantitative estimate of drug-likeness (QED) is 0.825. The smallest absolute Gasteiger partial charge is 0.253 e. The van der Waals surface area contributed by atoms with Crippen LogP contribution in [0.2, 0.25) is 0 Å². The number of benzene rings is 2. The van der Waals surface area contributed by atoms with Gasteiger partial charge in [-0.25, -0.2) is 0 Å². The number of rotatable bonds is 5. The fraction of sp³-hybridized carbons (Fsp3) is 0.300. The van der Waals surface area contributed by atoms with Crippen molar-refractivity contribution < 1.29 is 9.59 Å². The van der Waals surface area contributed by atoms with Crippen molar-refractivity contribution in [2.45, 2.75) is 29.9 Å². The molecule has 1 heterocycles. The van der Waals surface area contributed by atoms with Crippen LogP contribution in [0.4, 0.5) is 5.69 Å². The van der Waals surface area contributed by atoms with Crippen LogP contribution in [0.3, 0.4) is 0 Å².